The van der Waals surface area contributed by atoms with Crippen LogP contribution in [0.15, 0.2) is 0 Å². The van der Waals surface area contributed by atoms with Gasteiger partial charge in [0.1, 0.15) is 0 Å². The maximum absolute atomic E-state index is 12.0. The van der Waals surface area contributed by atoms with Gasteiger partial charge in [0.05, 0.1) is 17.3 Å². The summed E-state index contributed by atoms with van der Waals surface area (Å²) in [6, 6.07) is 0.324. The van der Waals surface area contributed by atoms with Gasteiger partial charge in [0, 0.05) is 18.3 Å². The van der Waals surface area contributed by atoms with Crippen molar-refractivity contribution < 1.29 is 13.2 Å². The number of carbonyl (C=O) groups is 1. The number of hydrogen-bond donors (Lipinski definition) is 0. The molecule has 1 aliphatic heterocycles. The Kier molecular flexibility index (Phi) is 4.26. The molecule has 0 bridgehead atoms. The smallest absolute Gasteiger partial charge is 0.232 e. The number of carbonyl (C=O) groups excluding carboxylic acids is 1. The molecule has 0 aromatic heterocycles. The van der Waals surface area contributed by atoms with Crippen molar-refractivity contribution in [3.05, 3.63) is 0 Å². The molecule has 6 heteroatoms. The van der Waals surface area contributed by atoms with E-state index in [0.29, 0.717) is 24.1 Å². The van der Waals surface area contributed by atoms with Crippen molar-refractivity contribution in [2.45, 2.75) is 37.5 Å². The Morgan fingerprint density at radius 1 is 1.39 bits per heavy atom. The zero-order chi connectivity index (χ0) is 13.3. The van der Waals surface area contributed by atoms with Crippen molar-refractivity contribution in [3.8, 4) is 0 Å². The Bertz CT molecular complexity index is 417. The van der Waals surface area contributed by atoms with Crippen LogP contribution in [0.5, 0.6) is 0 Å². The molecule has 0 radical (unpaired) electrons. The first-order valence-corrected chi connectivity index (χ1v) is 9.34. The average molecular weight is 291 g/mol. The van der Waals surface area contributed by atoms with Crippen LogP contribution in [0.2, 0.25) is 0 Å². The van der Waals surface area contributed by atoms with Gasteiger partial charge in [-0.1, -0.05) is 0 Å². The molecule has 2 rings (SSSR count). The molecule has 18 heavy (non-hydrogen) atoms. The average Bonchev–Trinajstić information content (AvgIpc) is 3.09. The second-order valence-electron chi connectivity index (χ2n) is 5.42. The van der Waals surface area contributed by atoms with E-state index in [2.05, 4.69) is 6.92 Å². The van der Waals surface area contributed by atoms with Crippen LogP contribution in [0.1, 0.15) is 26.2 Å². The summed E-state index contributed by atoms with van der Waals surface area (Å²) in [5, 5.41) is 0.114. The summed E-state index contributed by atoms with van der Waals surface area (Å²) in [7, 11) is -0.971. The second kappa shape index (κ2) is 5.41. The molecule has 4 nitrogen and oxygen atoms in total. The highest BCUT2D eigenvalue weighted by atomic mass is 32.2. The molecular formula is C12H21NO3S2. The summed E-state index contributed by atoms with van der Waals surface area (Å²) in [4.78, 5) is 13.8. The Balaban J connectivity index is 1.74. The predicted molar refractivity (Wildman–Crippen MR) is 74.5 cm³/mol. The van der Waals surface area contributed by atoms with Gasteiger partial charge in [-0.3, -0.25) is 4.79 Å². The fourth-order valence-electron chi connectivity index (χ4n) is 2.31. The van der Waals surface area contributed by atoms with E-state index in [1.165, 1.54) is 24.6 Å². The van der Waals surface area contributed by atoms with E-state index in [1.807, 2.05) is 11.9 Å². The number of amides is 1. The van der Waals surface area contributed by atoms with Crippen molar-refractivity contribution in [2.24, 2.45) is 5.92 Å². The highest BCUT2D eigenvalue weighted by molar-refractivity contribution is 8.02. The van der Waals surface area contributed by atoms with E-state index >= 15 is 0 Å². The van der Waals surface area contributed by atoms with Gasteiger partial charge in [-0.05, 0) is 32.1 Å². The third-order valence-electron chi connectivity index (χ3n) is 3.94. The van der Waals surface area contributed by atoms with Crippen LogP contribution < -0.4 is 0 Å². The third-order valence-corrected chi connectivity index (χ3v) is 7.21. The van der Waals surface area contributed by atoms with Crippen LogP contribution in [0, 0.1) is 5.92 Å². The molecule has 2 aliphatic rings. The van der Waals surface area contributed by atoms with Crippen LogP contribution in [-0.4, -0.2) is 54.8 Å². The second-order valence-corrected chi connectivity index (χ2v) is 8.94. The quantitative estimate of drug-likeness (QED) is 0.763. The van der Waals surface area contributed by atoms with Crippen molar-refractivity contribution >= 4 is 27.5 Å². The van der Waals surface area contributed by atoms with E-state index in [-0.39, 0.29) is 22.7 Å². The molecule has 2 unspecified atom stereocenters. The fraction of sp³-hybridized carbons (Fsp3) is 0.917. The highest BCUT2D eigenvalue weighted by Crippen LogP contribution is 2.35. The van der Waals surface area contributed by atoms with Gasteiger partial charge in [-0.15, -0.1) is 11.8 Å². The zero-order valence-electron chi connectivity index (χ0n) is 11.0. The van der Waals surface area contributed by atoms with E-state index < -0.39 is 9.84 Å². The van der Waals surface area contributed by atoms with Crippen LogP contribution in [0.3, 0.4) is 0 Å². The Hall–Kier alpha value is -0.230. The lowest BCUT2D eigenvalue weighted by atomic mass is 10.2. The van der Waals surface area contributed by atoms with E-state index in [4.69, 9.17) is 0 Å². The topological polar surface area (TPSA) is 54.5 Å². The highest BCUT2D eigenvalue weighted by Gasteiger charge is 2.33. The molecule has 104 valence electrons. The Morgan fingerprint density at radius 3 is 2.56 bits per heavy atom. The van der Waals surface area contributed by atoms with Gasteiger partial charge in [0.25, 0.3) is 0 Å². The van der Waals surface area contributed by atoms with E-state index in [0.717, 1.165) is 0 Å². The largest absolute Gasteiger partial charge is 0.342 e. The minimum atomic E-state index is -2.83. The summed E-state index contributed by atoms with van der Waals surface area (Å²) in [6.07, 6.45) is 3.15. The molecule has 2 atom stereocenters. The van der Waals surface area contributed by atoms with Crippen LogP contribution in [0.4, 0.5) is 0 Å². The number of nitrogens with zero attached hydrogens (tertiary/aromatic N) is 1. The third kappa shape index (κ3) is 3.63. The summed E-state index contributed by atoms with van der Waals surface area (Å²) in [6.45, 7) is 2.10. The van der Waals surface area contributed by atoms with Gasteiger partial charge in [-0.2, -0.15) is 0 Å². The first kappa shape index (κ1) is 14.2. The molecule has 0 spiro atoms. The molecule has 1 heterocycles. The van der Waals surface area contributed by atoms with Crippen LogP contribution >= 0.6 is 11.8 Å². The first-order valence-electron chi connectivity index (χ1n) is 6.47. The first-order chi connectivity index (χ1) is 8.39. The zero-order valence-corrected chi connectivity index (χ0v) is 12.6. The molecule has 1 aliphatic carbocycles. The Morgan fingerprint density at radius 2 is 2.06 bits per heavy atom. The summed E-state index contributed by atoms with van der Waals surface area (Å²) in [5.74, 6) is 1.74. The summed E-state index contributed by atoms with van der Waals surface area (Å²) in [5.41, 5.74) is 0. The standard InChI is InChI=1S/C12H21NO3S2/c1-9(10-3-4-10)13(2)12(14)7-17-11-5-6-18(15,16)8-11/h9-11H,3-8H2,1-2H3. The molecule has 2 fully saturated rings. The molecule has 0 aromatic rings. The van der Waals surface area contributed by atoms with Gasteiger partial charge >= 0.3 is 0 Å². The molecule has 1 saturated carbocycles. The summed E-state index contributed by atoms with van der Waals surface area (Å²) >= 11 is 1.50. The van der Waals surface area contributed by atoms with E-state index in [1.54, 1.807) is 0 Å². The minimum Gasteiger partial charge on any atom is -0.342 e. The fourth-order valence-corrected chi connectivity index (χ4v) is 5.87. The van der Waals surface area contributed by atoms with Gasteiger partial charge < -0.3 is 4.90 Å². The number of thioether (sulfide) groups is 1. The van der Waals surface area contributed by atoms with E-state index in [9.17, 15) is 13.2 Å². The maximum Gasteiger partial charge on any atom is 0.232 e. The maximum atomic E-state index is 12.0. The van der Waals surface area contributed by atoms with Gasteiger partial charge in [-0.25, -0.2) is 8.42 Å². The molecule has 1 saturated heterocycles. The number of hydrogen-bond acceptors (Lipinski definition) is 4. The van der Waals surface area contributed by atoms with Gasteiger partial charge in [0.2, 0.25) is 5.91 Å². The van der Waals surface area contributed by atoms with Crippen molar-refractivity contribution in [3.63, 3.8) is 0 Å². The van der Waals surface area contributed by atoms with Crippen molar-refractivity contribution in [1.29, 1.82) is 0 Å². The lowest BCUT2D eigenvalue weighted by molar-refractivity contribution is -0.129. The molecule has 0 aromatic carbocycles. The number of rotatable bonds is 5. The summed E-state index contributed by atoms with van der Waals surface area (Å²) < 4.78 is 22.6. The predicted octanol–water partition coefficient (Wildman–Crippen LogP) is 1.16. The lowest BCUT2D eigenvalue weighted by Gasteiger charge is -2.25. The Labute approximate surface area is 113 Å². The van der Waals surface area contributed by atoms with Gasteiger partial charge in [0.15, 0.2) is 9.84 Å². The minimum absolute atomic E-state index is 0.114. The van der Waals surface area contributed by atoms with Crippen molar-refractivity contribution in [1.82, 2.24) is 4.90 Å². The van der Waals surface area contributed by atoms with Crippen LogP contribution in [0.25, 0.3) is 0 Å². The number of sulfone groups is 1. The molecule has 1 amide bonds. The molecule has 0 N–H and O–H groups in total. The SMILES string of the molecule is CC(C1CC1)N(C)C(=O)CSC1CCS(=O)(=O)C1. The lowest BCUT2D eigenvalue weighted by Crippen LogP contribution is -2.37. The van der Waals surface area contributed by atoms with Crippen molar-refractivity contribution in [2.75, 3.05) is 24.3 Å². The molecular weight excluding hydrogens is 270 g/mol. The normalized spacial score (nSPS) is 28.0. The van der Waals surface area contributed by atoms with Crippen LogP contribution in [-0.2, 0) is 14.6 Å². The monoisotopic (exact) mass is 291 g/mol.